The Bertz CT molecular complexity index is 652. The van der Waals surface area contributed by atoms with E-state index in [0.29, 0.717) is 13.1 Å². The van der Waals surface area contributed by atoms with Gasteiger partial charge in [-0.15, -0.1) is 0 Å². The molecule has 0 unspecified atom stereocenters. The van der Waals surface area contributed by atoms with Gasteiger partial charge in [-0.2, -0.15) is 0 Å². The predicted molar refractivity (Wildman–Crippen MR) is 92.2 cm³/mol. The second kappa shape index (κ2) is 7.05. The number of methoxy groups -OCH3 is 1. The maximum Gasteiger partial charge on any atom is 0.321 e. The molecule has 2 aromatic carbocycles. The van der Waals surface area contributed by atoms with Crippen LogP contribution < -0.4 is 15.0 Å². The summed E-state index contributed by atoms with van der Waals surface area (Å²) in [6.07, 6.45) is 0. The van der Waals surface area contributed by atoms with Gasteiger partial charge in [0.15, 0.2) is 0 Å². The van der Waals surface area contributed by atoms with Crippen molar-refractivity contribution in [3.63, 3.8) is 0 Å². The summed E-state index contributed by atoms with van der Waals surface area (Å²) in [5.41, 5.74) is 1.96. The molecule has 2 amide bonds. The Hall–Kier alpha value is -2.69. The molecular weight excluding hydrogens is 290 g/mol. The lowest BCUT2D eigenvalue weighted by atomic mass is 10.2. The molecule has 5 nitrogen and oxygen atoms in total. The minimum atomic E-state index is -0.0639. The van der Waals surface area contributed by atoms with Crippen LogP contribution in [0.5, 0.6) is 5.75 Å². The van der Waals surface area contributed by atoms with Gasteiger partial charge in [0.2, 0.25) is 0 Å². The van der Waals surface area contributed by atoms with Gasteiger partial charge in [0.1, 0.15) is 5.75 Å². The van der Waals surface area contributed by atoms with Gasteiger partial charge >= 0.3 is 6.03 Å². The molecule has 5 heteroatoms. The van der Waals surface area contributed by atoms with Crippen LogP contribution in [-0.2, 0) is 0 Å². The van der Waals surface area contributed by atoms with Crippen molar-refractivity contribution in [2.45, 2.75) is 0 Å². The van der Waals surface area contributed by atoms with E-state index in [4.69, 9.17) is 4.74 Å². The number of nitrogens with zero attached hydrogens (tertiary/aromatic N) is 2. The number of hydrogen-bond donors (Lipinski definition) is 1. The first kappa shape index (κ1) is 15.2. The molecule has 1 aliphatic heterocycles. The molecule has 23 heavy (non-hydrogen) atoms. The average Bonchev–Trinajstić information content (AvgIpc) is 2.63. The molecule has 0 aliphatic carbocycles. The van der Waals surface area contributed by atoms with Crippen molar-refractivity contribution in [1.29, 1.82) is 0 Å². The Morgan fingerprint density at radius 1 is 1.00 bits per heavy atom. The van der Waals surface area contributed by atoms with E-state index in [1.165, 1.54) is 5.69 Å². The van der Waals surface area contributed by atoms with E-state index in [-0.39, 0.29) is 6.03 Å². The summed E-state index contributed by atoms with van der Waals surface area (Å²) >= 11 is 0. The highest BCUT2D eigenvalue weighted by atomic mass is 16.5. The highest BCUT2D eigenvalue weighted by Crippen LogP contribution is 2.19. The second-order valence-corrected chi connectivity index (χ2v) is 5.47. The van der Waals surface area contributed by atoms with Gasteiger partial charge in [-0.25, -0.2) is 4.79 Å². The third kappa shape index (κ3) is 3.74. The summed E-state index contributed by atoms with van der Waals surface area (Å²) in [5, 5.41) is 2.93. The fourth-order valence-electron chi connectivity index (χ4n) is 2.71. The molecule has 1 saturated heterocycles. The summed E-state index contributed by atoms with van der Waals surface area (Å²) < 4.78 is 5.17. The van der Waals surface area contributed by atoms with Crippen LogP contribution in [0.4, 0.5) is 16.2 Å². The lowest BCUT2D eigenvalue weighted by molar-refractivity contribution is 0.208. The van der Waals surface area contributed by atoms with E-state index in [1.807, 2.05) is 47.4 Å². The van der Waals surface area contributed by atoms with Crippen molar-refractivity contribution in [3.8, 4) is 5.75 Å². The first-order valence-electron chi connectivity index (χ1n) is 7.76. The van der Waals surface area contributed by atoms with Crippen molar-refractivity contribution in [2.75, 3.05) is 43.5 Å². The zero-order chi connectivity index (χ0) is 16.1. The first-order valence-corrected chi connectivity index (χ1v) is 7.76. The monoisotopic (exact) mass is 311 g/mol. The predicted octanol–water partition coefficient (Wildman–Crippen LogP) is 3.05. The zero-order valence-corrected chi connectivity index (χ0v) is 13.2. The van der Waals surface area contributed by atoms with Crippen molar-refractivity contribution < 1.29 is 9.53 Å². The molecule has 3 rings (SSSR count). The number of urea groups is 1. The molecule has 0 spiro atoms. The summed E-state index contributed by atoms with van der Waals surface area (Å²) in [5.74, 6) is 0.733. The summed E-state index contributed by atoms with van der Waals surface area (Å²) in [7, 11) is 1.61. The molecule has 0 radical (unpaired) electrons. The number of para-hydroxylation sites is 1. The van der Waals surface area contributed by atoms with Crippen LogP contribution in [0.15, 0.2) is 54.6 Å². The maximum atomic E-state index is 12.4. The number of benzene rings is 2. The molecule has 1 fully saturated rings. The number of anilines is 2. The number of ether oxygens (including phenoxy) is 1. The highest BCUT2D eigenvalue weighted by molar-refractivity contribution is 5.89. The summed E-state index contributed by atoms with van der Waals surface area (Å²) in [4.78, 5) is 16.5. The van der Waals surface area contributed by atoms with Gasteiger partial charge < -0.3 is 19.9 Å². The van der Waals surface area contributed by atoms with E-state index < -0.39 is 0 Å². The zero-order valence-electron chi connectivity index (χ0n) is 13.2. The molecule has 0 atom stereocenters. The first-order chi connectivity index (χ1) is 11.3. The van der Waals surface area contributed by atoms with Gasteiger partial charge in [0, 0.05) is 43.6 Å². The summed E-state index contributed by atoms with van der Waals surface area (Å²) in [6.45, 7) is 3.11. The molecule has 1 heterocycles. The van der Waals surface area contributed by atoms with E-state index in [1.54, 1.807) is 7.11 Å². The average molecular weight is 311 g/mol. The smallest absolute Gasteiger partial charge is 0.321 e. The van der Waals surface area contributed by atoms with Crippen LogP contribution in [0.25, 0.3) is 0 Å². The van der Waals surface area contributed by atoms with Crippen LogP contribution in [0.1, 0.15) is 0 Å². The van der Waals surface area contributed by atoms with Crippen LogP contribution in [0.2, 0.25) is 0 Å². The van der Waals surface area contributed by atoms with E-state index >= 15 is 0 Å². The van der Waals surface area contributed by atoms with Crippen molar-refractivity contribution in [2.24, 2.45) is 0 Å². The lowest BCUT2D eigenvalue weighted by Gasteiger charge is -2.36. The molecule has 0 saturated carbocycles. The van der Waals surface area contributed by atoms with Crippen LogP contribution in [0.3, 0.4) is 0 Å². The van der Waals surface area contributed by atoms with E-state index in [0.717, 1.165) is 24.5 Å². The Morgan fingerprint density at radius 3 is 2.43 bits per heavy atom. The minimum Gasteiger partial charge on any atom is -0.497 e. The number of amides is 2. The number of piperazine rings is 1. The van der Waals surface area contributed by atoms with Gasteiger partial charge in [-0.3, -0.25) is 0 Å². The van der Waals surface area contributed by atoms with Gasteiger partial charge in [0.05, 0.1) is 7.11 Å². The third-order valence-corrected chi connectivity index (χ3v) is 4.01. The van der Waals surface area contributed by atoms with Gasteiger partial charge in [-0.1, -0.05) is 24.3 Å². The topological polar surface area (TPSA) is 44.8 Å². The lowest BCUT2D eigenvalue weighted by Crippen LogP contribution is -2.50. The third-order valence-electron chi connectivity index (χ3n) is 4.01. The van der Waals surface area contributed by atoms with Crippen LogP contribution >= 0.6 is 0 Å². The van der Waals surface area contributed by atoms with Crippen molar-refractivity contribution >= 4 is 17.4 Å². The Balaban J connectivity index is 1.56. The van der Waals surface area contributed by atoms with Crippen LogP contribution in [-0.4, -0.2) is 44.2 Å². The number of nitrogens with one attached hydrogen (secondary N) is 1. The van der Waals surface area contributed by atoms with Crippen molar-refractivity contribution in [3.05, 3.63) is 54.6 Å². The molecule has 0 bridgehead atoms. The minimum absolute atomic E-state index is 0.0639. The number of hydrogen-bond acceptors (Lipinski definition) is 3. The molecule has 2 aromatic rings. The molecular formula is C18H21N3O2. The Morgan fingerprint density at radius 2 is 1.74 bits per heavy atom. The second-order valence-electron chi connectivity index (χ2n) is 5.47. The number of carbonyl (C=O) groups is 1. The fourth-order valence-corrected chi connectivity index (χ4v) is 2.71. The molecule has 1 N–H and O–H groups in total. The van der Waals surface area contributed by atoms with Gasteiger partial charge in [-0.05, 0) is 24.3 Å². The molecule has 120 valence electrons. The molecule has 1 aliphatic rings. The quantitative estimate of drug-likeness (QED) is 0.947. The SMILES string of the molecule is COc1cccc(NC(=O)N2CCN(c3ccccc3)CC2)c1. The Kier molecular flexibility index (Phi) is 4.66. The highest BCUT2D eigenvalue weighted by Gasteiger charge is 2.21. The van der Waals surface area contributed by atoms with Crippen LogP contribution in [0, 0.1) is 0 Å². The Labute approximate surface area is 136 Å². The molecule has 0 aromatic heterocycles. The summed E-state index contributed by atoms with van der Waals surface area (Å²) in [6, 6.07) is 17.6. The fraction of sp³-hybridized carbons (Fsp3) is 0.278. The standard InChI is InChI=1S/C18H21N3O2/c1-23-17-9-5-6-15(14-17)19-18(22)21-12-10-20(11-13-21)16-7-3-2-4-8-16/h2-9,14H,10-13H2,1H3,(H,19,22). The number of rotatable bonds is 3. The normalized spacial score (nSPS) is 14.5. The largest absolute Gasteiger partial charge is 0.497 e. The number of carbonyl (C=O) groups excluding carboxylic acids is 1. The maximum absolute atomic E-state index is 12.4. The van der Waals surface area contributed by atoms with E-state index in [2.05, 4.69) is 22.3 Å². The van der Waals surface area contributed by atoms with Gasteiger partial charge in [0.25, 0.3) is 0 Å². The van der Waals surface area contributed by atoms with E-state index in [9.17, 15) is 4.79 Å². The van der Waals surface area contributed by atoms with Crippen molar-refractivity contribution in [1.82, 2.24) is 4.90 Å².